The van der Waals surface area contributed by atoms with Gasteiger partial charge >= 0.3 is 5.63 Å². The number of aliphatic hydroxyl groups is 1. The summed E-state index contributed by atoms with van der Waals surface area (Å²) in [6, 6.07) is 4.26. The first-order valence-electron chi connectivity index (χ1n) is 6.13. The van der Waals surface area contributed by atoms with Crippen LogP contribution in [0.1, 0.15) is 17.3 Å². The lowest BCUT2D eigenvalue weighted by Crippen LogP contribution is -2.28. The number of carbonyl (C=O) groups is 1. The van der Waals surface area contributed by atoms with E-state index in [0.29, 0.717) is 16.2 Å². The number of Topliss-reactive ketones (excluding diaryl/α,β-unsaturated/α-hetero) is 1. The molecule has 0 radical (unpaired) electrons. The maximum atomic E-state index is 11.9. The third-order valence-corrected chi connectivity index (χ3v) is 3.12. The van der Waals surface area contributed by atoms with E-state index in [1.54, 1.807) is 6.92 Å². The third-order valence-electron chi connectivity index (χ3n) is 2.82. The van der Waals surface area contributed by atoms with Crippen LogP contribution in [-0.2, 0) is 4.74 Å². The zero-order valence-electron chi connectivity index (χ0n) is 11.4. The molecular formula is C14H13ClO6. The van der Waals surface area contributed by atoms with Crippen molar-refractivity contribution in [3.8, 4) is 5.75 Å². The Labute approximate surface area is 124 Å². The highest BCUT2D eigenvalue weighted by Crippen LogP contribution is 2.29. The van der Waals surface area contributed by atoms with Crippen LogP contribution in [0.5, 0.6) is 5.75 Å². The summed E-state index contributed by atoms with van der Waals surface area (Å²) in [5, 5.41) is 10.3. The van der Waals surface area contributed by atoms with Gasteiger partial charge in [-0.2, -0.15) is 0 Å². The van der Waals surface area contributed by atoms with E-state index >= 15 is 0 Å². The molecule has 0 saturated heterocycles. The van der Waals surface area contributed by atoms with E-state index in [1.807, 2.05) is 0 Å². The molecule has 6 nitrogen and oxygen atoms in total. The first-order chi connectivity index (χ1) is 9.97. The summed E-state index contributed by atoms with van der Waals surface area (Å²) >= 11 is 5.98. The Morgan fingerprint density at radius 3 is 2.76 bits per heavy atom. The van der Waals surface area contributed by atoms with Gasteiger partial charge in [0.25, 0.3) is 0 Å². The van der Waals surface area contributed by atoms with Crippen molar-refractivity contribution in [2.24, 2.45) is 0 Å². The van der Waals surface area contributed by atoms with Gasteiger partial charge in [0.1, 0.15) is 16.9 Å². The molecule has 112 valence electrons. The maximum absolute atomic E-state index is 11.9. The highest BCUT2D eigenvalue weighted by atomic mass is 35.5. The number of methoxy groups -OCH3 is 1. The number of ketones is 1. The lowest BCUT2D eigenvalue weighted by molar-refractivity contribution is -0.0676. The molecule has 1 aromatic carbocycles. The van der Waals surface area contributed by atoms with Crippen LogP contribution in [0.2, 0.25) is 5.02 Å². The molecule has 0 saturated carbocycles. The Morgan fingerprint density at radius 1 is 1.43 bits per heavy atom. The van der Waals surface area contributed by atoms with Crippen LogP contribution in [0, 0.1) is 0 Å². The molecule has 0 aliphatic rings. The molecule has 1 N–H and O–H groups in total. The van der Waals surface area contributed by atoms with Gasteiger partial charge in [-0.15, -0.1) is 0 Å². The number of hydrogen-bond donors (Lipinski definition) is 1. The predicted octanol–water partition coefficient (Wildman–Crippen LogP) is 1.99. The Morgan fingerprint density at radius 2 is 2.14 bits per heavy atom. The SMILES string of the molecule is CCOC(O)C(=O)c1cc2cc(Cl)c(OC)cc2oc1=O. The Bertz CT molecular complexity index is 736. The highest BCUT2D eigenvalue weighted by molar-refractivity contribution is 6.32. The van der Waals surface area contributed by atoms with Crippen molar-refractivity contribution in [1.82, 2.24) is 0 Å². The molecule has 0 fully saturated rings. The smallest absolute Gasteiger partial charge is 0.347 e. The standard InChI is InChI=1S/C14H13ClO6/c1-3-20-14(18)12(16)8-4-7-5-9(15)11(19-2)6-10(7)21-13(8)17/h4-6,14,18H,3H2,1-2H3. The lowest BCUT2D eigenvalue weighted by Gasteiger charge is -2.09. The number of fused-ring (bicyclic) bond motifs is 1. The quantitative estimate of drug-likeness (QED) is 0.516. The predicted molar refractivity (Wildman–Crippen MR) is 76.0 cm³/mol. The molecule has 21 heavy (non-hydrogen) atoms. The van der Waals surface area contributed by atoms with E-state index in [9.17, 15) is 14.7 Å². The molecular weight excluding hydrogens is 300 g/mol. The number of aliphatic hydroxyl groups excluding tert-OH is 1. The topological polar surface area (TPSA) is 86.0 Å². The third kappa shape index (κ3) is 3.07. The number of ether oxygens (including phenoxy) is 2. The summed E-state index contributed by atoms with van der Waals surface area (Å²) in [5.41, 5.74) is -0.941. The molecule has 0 aliphatic carbocycles. The molecule has 0 spiro atoms. The van der Waals surface area contributed by atoms with Gasteiger partial charge in [-0.25, -0.2) is 4.79 Å². The van der Waals surface area contributed by atoms with Crippen molar-refractivity contribution >= 4 is 28.4 Å². The van der Waals surface area contributed by atoms with E-state index in [2.05, 4.69) is 0 Å². The molecule has 1 unspecified atom stereocenters. The normalized spacial score (nSPS) is 12.4. The minimum Gasteiger partial charge on any atom is -0.495 e. The van der Waals surface area contributed by atoms with Crippen LogP contribution in [0.3, 0.4) is 0 Å². The van der Waals surface area contributed by atoms with E-state index < -0.39 is 17.7 Å². The lowest BCUT2D eigenvalue weighted by atomic mass is 10.1. The number of carbonyl (C=O) groups excluding carboxylic acids is 1. The first kappa shape index (κ1) is 15.5. The largest absolute Gasteiger partial charge is 0.495 e. The van der Waals surface area contributed by atoms with E-state index in [-0.39, 0.29) is 17.8 Å². The minimum atomic E-state index is -1.70. The average Bonchev–Trinajstić information content (AvgIpc) is 2.46. The molecule has 2 aromatic rings. The first-order valence-corrected chi connectivity index (χ1v) is 6.51. The van der Waals surface area contributed by atoms with Crippen LogP contribution >= 0.6 is 11.6 Å². The maximum Gasteiger partial charge on any atom is 0.347 e. The van der Waals surface area contributed by atoms with Gasteiger partial charge in [-0.05, 0) is 19.1 Å². The molecule has 0 aliphatic heterocycles. The van der Waals surface area contributed by atoms with E-state index in [4.69, 9.17) is 25.5 Å². The molecule has 0 amide bonds. The minimum absolute atomic E-state index is 0.134. The second-order valence-corrected chi connectivity index (χ2v) is 4.55. The van der Waals surface area contributed by atoms with Crippen molar-refractivity contribution in [2.45, 2.75) is 13.2 Å². The molecule has 1 heterocycles. The van der Waals surface area contributed by atoms with E-state index in [0.717, 1.165) is 0 Å². The fraction of sp³-hybridized carbons (Fsp3) is 0.286. The molecule has 1 aromatic heterocycles. The summed E-state index contributed by atoms with van der Waals surface area (Å²) in [5.74, 6) is -0.514. The van der Waals surface area contributed by atoms with Crippen LogP contribution < -0.4 is 10.4 Å². The van der Waals surface area contributed by atoms with Crippen LogP contribution in [-0.4, -0.2) is 30.9 Å². The van der Waals surface area contributed by atoms with Crippen molar-refractivity contribution in [1.29, 1.82) is 0 Å². The van der Waals surface area contributed by atoms with Crippen LogP contribution in [0.25, 0.3) is 11.0 Å². The van der Waals surface area contributed by atoms with Gasteiger partial charge < -0.3 is 19.0 Å². The monoisotopic (exact) mass is 312 g/mol. The van der Waals surface area contributed by atoms with Gasteiger partial charge in [0.05, 0.1) is 12.1 Å². The van der Waals surface area contributed by atoms with Gasteiger partial charge in [-0.1, -0.05) is 11.6 Å². The summed E-state index contributed by atoms with van der Waals surface area (Å²) in [7, 11) is 1.43. The summed E-state index contributed by atoms with van der Waals surface area (Å²) in [4.78, 5) is 23.8. The average molecular weight is 313 g/mol. The Balaban J connectivity index is 2.55. The zero-order chi connectivity index (χ0) is 15.6. The van der Waals surface area contributed by atoms with E-state index in [1.165, 1.54) is 25.3 Å². The van der Waals surface area contributed by atoms with Crippen molar-refractivity contribution < 1.29 is 23.8 Å². The second-order valence-electron chi connectivity index (χ2n) is 4.14. The molecule has 2 rings (SSSR count). The van der Waals surface area contributed by atoms with Gasteiger partial charge in [0.15, 0.2) is 0 Å². The Hall–Kier alpha value is -1.89. The van der Waals surface area contributed by atoms with Gasteiger partial charge in [0.2, 0.25) is 12.1 Å². The number of rotatable bonds is 5. The molecule has 7 heteroatoms. The highest BCUT2D eigenvalue weighted by Gasteiger charge is 2.22. The van der Waals surface area contributed by atoms with Crippen molar-refractivity contribution in [3.05, 3.63) is 39.2 Å². The molecule has 0 bridgehead atoms. The summed E-state index contributed by atoms with van der Waals surface area (Å²) in [6.45, 7) is 1.75. The van der Waals surface area contributed by atoms with Crippen molar-refractivity contribution in [2.75, 3.05) is 13.7 Å². The van der Waals surface area contributed by atoms with Crippen LogP contribution in [0.4, 0.5) is 0 Å². The summed E-state index contributed by atoms with van der Waals surface area (Å²) < 4.78 is 14.8. The summed E-state index contributed by atoms with van der Waals surface area (Å²) in [6.07, 6.45) is -1.70. The van der Waals surface area contributed by atoms with Crippen LogP contribution in [0.15, 0.2) is 27.4 Å². The Kier molecular flexibility index (Phi) is 4.62. The fourth-order valence-electron chi connectivity index (χ4n) is 1.82. The number of hydrogen-bond acceptors (Lipinski definition) is 6. The zero-order valence-corrected chi connectivity index (χ0v) is 12.1. The molecule has 1 atom stereocenters. The number of benzene rings is 1. The second kappa shape index (κ2) is 6.26. The van der Waals surface area contributed by atoms with Gasteiger partial charge in [0, 0.05) is 18.1 Å². The number of halogens is 1. The van der Waals surface area contributed by atoms with Gasteiger partial charge in [-0.3, -0.25) is 4.79 Å². The fourth-order valence-corrected chi connectivity index (χ4v) is 2.06. The van der Waals surface area contributed by atoms with Crippen molar-refractivity contribution in [3.63, 3.8) is 0 Å².